The summed E-state index contributed by atoms with van der Waals surface area (Å²) in [4.78, 5) is 40.3. The molecule has 3 N–H and O–H groups in total. The Kier molecular flexibility index (Phi) is 6.87. The molecule has 1 heterocycles. The molecule has 8 nitrogen and oxygen atoms in total. The first kappa shape index (κ1) is 19.9. The Balaban J connectivity index is 1.82. The van der Waals surface area contributed by atoms with Gasteiger partial charge in [0.2, 0.25) is 5.91 Å². The van der Waals surface area contributed by atoms with Crippen LogP contribution in [0.5, 0.6) is 5.75 Å². The molecule has 0 aliphatic heterocycles. The number of ketones is 1. The van der Waals surface area contributed by atoms with Gasteiger partial charge in [-0.25, -0.2) is 9.78 Å². The van der Waals surface area contributed by atoms with Crippen LogP contribution in [0.15, 0.2) is 42.5 Å². The molecule has 1 amide bonds. The van der Waals surface area contributed by atoms with Gasteiger partial charge in [-0.3, -0.25) is 9.59 Å². The molecule has 0 aliphatic rings. The van der Waals surface area contributed by atoms with Crippen molar-refractivity contribution in [2.75, 3.05) is 25.9 Å². The van der Waals surface area contributed by atoms with Gasteiger partial charge in [0, 0.05) is 20.0 Å². The Labute approximate surface area is 156 Å². The molecule has 0 bridgehead atoms. The van der Waals surface area contributed by atoms with E-state index < -0.39 is 12.6 Å². The molecule has 1 aromatic carbocycles. The molecule has 2 aromatic rings. The van der Waals surface area contributed by atoms with Crippen molar-refractivity contribution >= 4 is 23.5 Å². The first-order valence-electron chi connectivity index (χ1n) is 8.28. The molecule has 0 aliphatic carbocycles. The number of aliphatic carboxylic acids is 1. The Morgan fingerprint density at radius 2 is 1.85 bits per heavy atom. The number of nitrogens with two attached hydrogens (primary N) is 1. The first-order chi connectivity index (χ1) is 12.8. The van der Waals surface area contributed by atoms with Crippen LogP contribution in [-0.2, 0) is 16.0 Å². The number of benzene rings is 1. The lowest BCUT2D eigenvalue weighted by Crippen LogP contribution is -2.30. The van der Waals surface area contributed by atoms with Gasteiger partial charge in [-0.05, 0) is 29.8 Å². The van der Waals surface area contributed by atoms with Crippen LogP contribution in [0, 0.1) is 0 Å². The van der Waals surface area contributed by atoms with Gasteiger partial charge < -0.3 is 20.5 Å². The molecule has 8 heteroatoms. The molecule has 27 heavy (non-hydrogen) atoms. The smallest absolute Gasteiger partial charge is 0.341 e. The first-order valence-corrected chi connectivity index (χ1v) is 8.28. The lowest BCUT2D eigenvalue weighted by atomic mass is 10.1. The van der Waals surface area contributed by atoms with Gasteiger partial charge in [0.15, 0.2) is 12.4 Å². The second-order valence-corrected chi connectivity index (χ2v) is 5.94. The van der Waals surface area contributed by atoms with E-state index in [1.807, 2.05) is 0 Å². The number of anilines is 1. The minimum atomic E-state index is -1.06. The number of ether oxygens (including phenoxy) is 1. The molecule has 0 saturated carbocycles. The van der Waals surface area contributed by atoms with Gasteiger partial charge >= 0.3 is 5.97 Å². The van der Waals surface area contributed by atoms with E-state index >= 15 is 0 Å². The predicted octanol–water partition coefficient (Wildman–Crippen LogP) is 1.40. The fourth-order valence-corrected chi connectivity index (χ4v) is 2.29. The summed E-state index contributed by atoms with van der Waals surface area (Å²) in [6.45, 7) is -0.148. The number of amides is 1. The number of Topliss-reactive ketones (excluding diaryl/α,β-unsaturated/α-hetero) is 1. The van der Waals surface area contributed by atoms with Gasteiger partial charge in [-0.2, -0.15) is 0 Å². The summed E-state index contributed by atoms with van der Waals surface area (Å²) in [5.41, 5.74) is 6.61. The number of nitrogen functional groups attached to an aromatic ring is 1. The van der Waals surface area contributed by atoms with Crippen LogP contribution in [0.4, 0.5) is 5.82 Å². The lowest BCUT2D eigenvalue weighted by Gasteiger charge is -2.17. The Bertz CT molecular complexity index is 820. The monoisotopic (exact) mass is 371 g/mol. The number of pyridine rings is 1. The maximum absolute atomic E-state index is 12.3. The third-order valence-corrected chi connectivity index (χ3v) is 3.80. The van der Waals surface area contributed by atoms with Gasteiger partial charge in [-0.15, -0.1) is 0 Å². The largest absolute Gasteiger partial charge is 0.482 e. The maximum atomic E-state index is 12.3. The van der Waals surface area contributed by atoms with E-state index in [-0.39, 0.29) is 42.6 Å². The topological polar surface area (TPSA) is 123 Å². The van der Waals surface area contributed by atoms with E-state index in [0.717, 1.165) is 5.56 Å². The fourth-order valence-electron chi connectivity index (χ4n) is 2.29. The van der Waals surface area contributed by atoms with Crippen LogP contribution >= 0.6 is 0 Å². The van der Waals surface area contributed by atoms with Crippen LogP contribution < -0.4 is 10.5 Å². The van der Waals surface area contributed by atoms with Crippen molar-refractivity contribution in [1.29, 1.82) is 0 Å². The number of aromatic nitrogens is 1. The van der Waals surface area contributed by atoms with Crippen molar-refractivity contribution in [3.05, 3.63) is 53.7 Å². The molecular formula is C19H21N3O5. The van der Waals surface area contributed by atoms with E-state index in [0.29, 0.717) is 5.75 Å². The summed E-state index contributed by atoms with van der Waals surface area (Å²) in [5, 5.41) is 8.58. The van der Waals surface area contributed by atoms with Crippen molar-refractivity contribution < 1.29 is 24.2 Å². The van der Waals surface area contributed by atoms with E-state index in [4.69, 9.17) is 15.6 Å². The van der Waals surface area contributed by atoms with Crippen molar-refractivity contribution in [1.82, 2.24) is 9.88 Å². The SMILES string of the molecule is CN(CCC(=O)c1cccc(N)n1)C(=O)Cc1ccc(OCC(=O)O)cc1. The summed E-state index contributed by atoms with van der Waals surface area (Å²) in [7, 11) is 1.63. The number of carbonyl (C=O) groups excluding carboxylic acids is 2. The van der Waals surface area contributed by atoms with Crippen molar-refractivity contribution in [3.8, 4) is 5.75 Å². The molecule has 0 atom stereocenters. The van der Waals surface area contributed by atoms with E-state index in [2.05, 4.69) is 4.98 Å². The standard InChI is InChI=1S/C19H21N3O5/c1-22(10-9-16(23)15-3-2-4-17(20)21-15)18(24)11-13-5-7-14(8-6-13)27-12-19(25)26/h2-8H,9-12H2,1H3,(H2,20,21)(H,25,26). The molecular weight excluding hydrogens is 350 g/mol. The van der Waals surface area contributed by atoms with Gasteiger partial charge in [0.1, 0.15) is 17.3 Å². The summed E-state index contributed by atoms with van der Waals surface area (Å²) in [6.07, 6.45) is 0.321. The summed E-state index contributed by atoms with van der Waals surface area (Å²) >= 11 is 0. The maximum Gasteiger partial charge on any atom is 0.341 e. The van der Waals surface area contributed by atoms with Gasteiger partial charge in [-0.1, -0.05) is 18.2 Å². The Morgan fingerprint density at radius 3 is 2.48 bits per heavy atom. The average Bonchev–Trinajstić information content (AvgIpc) is 2.65. The summed E-state index contributed by atoms with van der Waals surface area (Å²) in [5.74, 6) is -0.675. The van der Waals surface area contributed by atoms with Crippen molar-refractivity contribution in [2.24, 2.45) is 0 Å². The molecule has 0 saturated heterocycles. The van der Waals surface area contributed by atoms with Crippen LogP contribution in [0.1, 0.15) is 22.5 Å². The summed E-state index contributed by atoms with van der Waals surface area (Å²) < 4.78 is 5.04. The third-order valence-electron chi connectivity index (χ3n) is 3.80. The second kappa shape index (κ2) is 9.33. The number of carboxylic acids is 1. The van der Waals surface area contributed by atoms with Crippen LogP contribution in [-0.4, -0.2) is 52.8 Å². The number of carbonyl (C=O) groups is 3. The van der Waals surface area contributed by atoms with Crippen LogP contribution in [0.25, 0.3) is 0 Å². The molecule has 2 rings (SSSR count). The lowest BCUT2D eigenvalue weighted by molar-refractivity contribution is -0.139. The predicted molar refractivity (Wildman–Crippen MR) is 98.5 cm³/mol. The molecule has 0 unspecified atom stereocenters. The van der Waals surface area contributed by atoms with Gasteiger partial charge in [0.25, 0.3) is 0 Å². The molecule has 0 fully saturated rings. The second-order valence-electron chi connectivity index (χ2n) is 5.94. The molecule has 0 spiro atoms. The highest BCUT2D eigenvalue weighted by Crippen LogP contribution is 2.13. The molecule has 142 valence electrons. The van der Waals surface area contributed by atoms with E-state index in [1.165, 1.54) is 4.90 Å². The Morgan fingerprint density at radius 1 is 1.15 bits per heavy atom. The summed E-state index contributed by atoms with van der Waals surface area (Å²) in [6, 6.07) is 11.5. The number of rotatable bonds is 9. The number of likely N-dealkylation sites (N-methyl/N-ethyl adjacent to an activating group) is 1. The van der Waals surface area contributed by atoms with Crippen molar-refractivity contribution in [3.63, 3.8) is 0 Å². The number of carboxylic acid groups (broad SMARTS) is 1. The fraction of sp³-hybridized carbons (Fsp3) is 0.263. The molecule has 0 radical (unpaired) electrons. The molecule has 1 aromatic heterocycles. The number of hydrogen-bond donors (Lipinski definition) is 2. The minimum Gasteiger partial charge on any atom is -0.482 e. The van der Waals surface area contributed by atoms with Crippen molar-refractivity contribution in [2.45, 2.75) is 12.8 Å². The Hall–Kier alpha value is -3.42. The van der Waals surface area contributed by atoms with E-state index in [9.17, 15) is 14.4 Å². The highest BCUT2D eigenvalue weighted by molar-refractivity contribution is 5.94. The number of nitrogens with zero attached hydrogens (tertiary/aromatic N) is 2. The zero-order valence-electron chi connectivity index (χ0n) is 14.9. The third kappa shape index (κ3) is 6.43. The van der Waals surface area contributed by atoms with Crippen LogP contribution in [0.3, 0.4) is 0 Å². The highest BCUT2D eigenvalue weighted by Gasteiger charge is 2.14. The zero-order chi connectivity index (χ0) is 19.8. The minimum absolute atomic E-state index is 0.137. The normalized spacial score (nSPS) is 10.3. The van der Waals surface area contributed by atoms with Crippen LogP contribution in [0.2, 0.25) is 0 Å². The number of hydrogen-bond acceptors (Lipinski definition) is 6. The zero-order valence-corrected chi connectivity index (χ0v) is 14.9. The quantitative estimate of drug-likeness (QED) is 0.639. The van der Waals surface area contributed by atoms with Gasteiger partial charge in [0.05, 0.1) is 6.42 Å². The van der Waals surface area contributed by atoms with E-state index in [1.54, 1.807) is 49.5 Å². The average molecular weight is 371 g/mol. The highest BCUT2D eigenvalue weighted by atomic mass is 16.5.